The molecule has 0 aliphatic heterocycles. The number of nitrogens with one attached hydrogen (secondary N) is 1. The molecule has 2 nitrogen and oxygen atoms in total. The van der Waals surface area contributed by atoms with Crippen LogP contribution in [0.5, 0.6) is 0 Å². The van der Waals surface area contributed by atoms with Crippen LogP contribution < -0.4 is 5.32 Å². The molecule has 0 spiro atoms. The fourth-order valence-corrected chi connectivity index (χ4v) is 3.38. The quantitative estimate of drug-likeness (QED) is 0.900. The molecule has 0 bridgehead atoms. The lowest BCUT2D eigenvalue weighted by Crippen LogP contribution is -2.20. The molecule has 0 aliphatic carbocycles. The van der Waals surface area contributed by atoms with E-state index >= 15 is 0 Å². The van der Waals surface area contributed by atoms with Gasteiger partial charge in [0.15, 0.2) is 0 Å². The molecule has 0 amide bonds. The van der Waals surface area contributed by atoms with Crippen molar-refractivity contribution in [3.8, 4) is 0 Å². The van der Waals surface area contributed by atoms with Crippen molar-refractivity contribution in [2.45, 2.75) is 13.0 Å². The van der Waals surface area contributed by atoms with Gasteiger partial charge in [-0.1, -0.05) is 18.5 Å². The first-order valence-electron chi connectivity index (χ1n) is 4.92. The lowest BCUT2D eigenvalue weighted by molar-refractivity contribution is 0.554. The lowest BCUT2D eigenvalue weighted by Gasteiger charge is -2.13. The summed E-state index contributed by atoms with van der Waals surface area (Å²) >= 11 is 11.1. The van der Waals surface area contributed by atoms with E-state index in [2.05, 4.69) is 28.2 Å². The first kappa shape index (κ1) is 12.2. The second kappa shape index (κ2) is 5.36. The van der Waals surface area contributed by atoms with Gasteiger partial charge < -0.3 is 9.73 Å². The maximum Gasteiger partial charge on any atom is 0.0954 e. The maximum absolute atomic E-state index is 6.05. The van der Waals surface area contributed by atoms with Crippen molar-refractivity contribution >= 4 is 38.9 Å². The van der Waals surface area contributed by atoms with Crippen molar-refractivity contribution in [1.82, 2.24) is 5.32 Å². The molecule has 0 saturated carbocycles. The highest BCUT2D eigenvalue weighted by atomic mass is 79.9. The Labute approximate surface area is 112 Å². The SMILES string of the molecule is CCNC(c1ccoc1)c1cc(Cl)c(Br)s1. The van der Waals surface area contributed by atoms with Crippen LogP contribution in [0.4, 0.5) is 0 Å². The largest absolute Gasteiger partial charge is 0.472 e. The zero-order valence-corrected chi connectivity index (χ0v) is 11.8. The predicted molar refractivity (Wildman–Crippen MR) is 71.3 cm³/mol. The number of halogens is 2. The van der Waals surface area contributed by atoms with Crippen LogP contribution in [0.25, 0.3) is 0 Å². The third-order valence-corrected chi connectivity index (χ3v) is 4.77. The van der Waals surface area contributed by atoms with E-state index in [1.807, 2.05) is 12.1 Å². The van der Waals surface area contributed by atoms with Crippen molar-refractivity contribution in [2.75, 3.05) is 6.54 Å². The number of furan rings is 1. The molecule has 1 atom stereocenters. The van der Waals surface area contributed by atoms with Gasteiger partial charge in [0.2, 0.25) is 0 Å². The molecule has 0 radical (unpaired) electrons. The highest BCUT2D eigenvalue weighted by Crippen LogP contribution is 2.37. The van der Waals surface area contributed by atoms with E-state index in [0.717, 1.165) is 20.9 Å². The minimum absolute atomic E-state index is 0.151. The molecule has 86 valence electrons. The van der Waals surface area contributed by atoms with Gasteiger partial charge in [0, 0.05) is 10.4 Å². The summed E-state index contributed by atoms with van der Waals surface area (Å²) in [7, 11) is 0. The maximum atomic E-state index is 6.05. The monoisotopic (exact) mass is 319 g/mol. The van der Waals surface area contributed by atoms with E-state index in [1.54, 1.807) is 23.9 Å². The van der Waals surface area contributed by atoms with E-state index in [0.29, 0.717) is 0 Å². The molecular formula is C11H11BrClNOS. The number of rotatable bonds is 4. The van der Waals surface area contributed by atoms with Crippen LogP contribution in [0.2, 0.25) is 5.02 Å². The minimum atomic E-state index is 0.151. The molecule has 2 rings (SSSR count). The fourth-order valence-electron chi connectivity index (χ4n) is 1.53. The molecule has 2 aromatic heterocycles. The van der Waals surface area contributed by atoms with Gasteiger partial charge in [-0.15, -0.1) is 11.3 Å². The number of hydrogen-bond donors (Lipinski definition) is 1. The fraction of sp³-hybridized carbons (Fsp3) is 0.273. The Morgan fingerprint density at radius 1 is 1.62 bits per heavy atom. The molecule has 0 saturated heterocycles. The smallest absolute Gasteiger partial charge is 0.0954 e. The highest BCUT2D eigenvalue weighted by Gasteiger charge is 2.17. The zero-order chi connectivity index (χ0) is 11.5. The second-order valence-electron chi connectivity index (χ2n) is 3.32. The van der Waals surface area contributed by atoms with Gasteiger partial charge >= 0.3 is 0 Å². The predicted octanol–water partition coefficient (Wildman–Crippen LogP) is 4.46. The summed E-state index contributed by atoms with van der Waals surface area (Å²) in [6.07, 6.45) is 3.44. The van der Waals surface area contributed by atoms with Crippen molar-refractivity contribution in [2.24, 2.45) is 0 Å². The van der Waals surface area contributed by atoms with Gasteiger partial charge in [-0.05, 0) is 34.6 Å². The summed E-state index contributed by atoms with van der Waals surface area (Å²) in [5.74, 6) is 0. The van der Waals surface area contributed by atoms with Gasteiger partial charge in [0.05, 0.1) is 27.4 Å². The van der Waals surface area contributed by atoms with E-state index in [4.69, 9.17) is 16.0 Å². The molecule has 5 heteroatoms. The Morgan fingerprint density at radius 3 is 2.94 bits per heavy atom. The molecule has 0 fully saturated rings. The normalized spacial score (nSPS) is 12.9. The molecular weight excluding hydrogens is 310 g/mol. The Kier molecular flexibility index (Phi) is 4.08. The van der Waals surface area contributed by atoms with Crippen molar-refractivity contribution < 1.29 is 4.42 Å². The Bertz CT molecular complexity index is 435. The van der Waals surface area contributed by atoms with Gasteiger partial charge in [0.25, 0.3) is 0 Å². The summed E-state index contributed by atoms with van der Waals surface area (Å²) < 4.78 is 6.09. The van der Waals surface area contributed by atoms with Gasteiger partial charge in [0.1, 0.15) is 0 Å². The molecule has 1 unspecified atom stereocenters. The number of thiophene rings is 1. The summed E-state index contributed by atoms with van der Waals surface area (Å²) in [6.45, 7) is 2.97. The first-order valence-corrected chi connectivity index (χ1v) is 6.91. The molecule has 2 aromatic rings. The third-order valence-electron chi connectivity index (χ3n) is 2.23. The Morgan fingerprint density at radius 2 is 2.44 bits per heavy atom. The third kappa shape index (κ3) is 2.51. The highest BCUT2D eigenvalue weighted by molar-refractivity contribution is 9.11. The molecule has 1 N–H and O–H groups in total. The molecule has 0 aromatic carbocycles. The van der Waals surface area contributed by atoms with Crippen molar-refractivity contribution in [1.29, 1.82) is 0 Å². The lowest BCUT2D eigenvalue weighted by atomic mass is 10.1. The van der Waals surface area contributed by atoms with Crippen molar-refractivity contribution in [3.05, 3.63) is 43.9 Å². The van der Waals surface area contributed by atoms with Crippen LogP contribution >= 0.6 is 38.9 Å². The van der Waals surface area contributed by atoms with Gasteiger partial charge in [-0.25, -0.2) is 0 Å². The first-order chi connectivity index (χ1) is 7.72. The topological polar surface area (TPSA) is 25.2 Å². The van der Waals surface area contributed by atoms with E-state index in [9.17, 15) is 0 Å². The average molecular weight is 321 g/mol. The standard InChI is InChI=1S/C11H11BrClNOS/c1-2-14-10(7-3-4-15-6-7)9-5-8(13)11(12)16-9/h3-6,10,14H,2H2,1H3. The average Bonchev–Trinajstić information content (AvgIpc) is 2.86. The van der Waals surface area contributed by atoms with Crippen LogP contribution in [-0.2, 0) is 0 Å². The summed E-state index contributed by atoms with van der Waals surface area (Å²) in [6, 6.07) is 4.10. The molecule has 2 heterocycles. The van der Waals surface area contributed by atoms with E-state index in [-0.39, 0.29) is 6.04 Å². The molecule has 16 heavy (non-hydrogen) atoms. The van der Waals surface area contributed by atoms with Crippen LogP contribution in [0.1, 0.15) is 23.4 Å². The molecule has 0 aliphatic rings. The van der Waals surface area contributed by atoms with Crippen LogP contribution in [-0.4, -0.2) is 6.54 Å². The van der Waals surface area contributed by atoms with Crippen LogP contribution in [0.3, 0.4) is 0 Å². The number of hydrogen-bond acceptors (Lipinski definition) is 3. The Balaban J connectivity index is 2.32. The zero-order valence-electron chi connectivity index (χ0n) is 8.67. The summed E-state index contributed by atoms with van der Waals surface area (Å²) in [5.41, 5.74) is 1.12. The second-order valence-corrected chi connectivity index (χ2v) is 6.13. The Hall–Kier alpha value is -0.290. The summed E-state index contributed by atoms with van der Waals surface area (Å²) in [5, 5.41) is 4.17. The van der Waals surface area contributed by atoms with E-state index in [1.165, 1.54) is 4.88 Å². The summed E-state index contributed by atoms with van der Waals surface area (Å²) in [4.78, 5) is 1.18. The van der Waals surface area contributed by atoms with E-state index < -0.39 is 0 Å². The van der Waals surface area contributed by atoms with Crippen molar-refractivity contribution in [3.63, 3.8) is 0 Å². The van der Waals surface area contributed by atoms with Crippen LogP contribution in [0, 0.1) is 0 Å². The minimum Gasteiger partial charge on any atom is -0.472 e. The van der Waals surface area contributed by atoms with Crippen LogP contribution in [0.15, 0.2) is 32.9 Å². The van der Waals surface area contributed by atoms with Gasteiger partial charge in [-0.2, -0.15) is 0 Å². The van der Waals surface area contributed by atoms with Gasteiger partial charge in [-0.3, -0.25) is 0 Å².